The summed E-state index contributed by atoms with van der Waals surface area (Å²) in [6.45, 7) is 4.13. The minimum absolute atomic E-state index is 0.0374. The lowest BCUT2D eigenvalue weighted by atomic mass is 10.2. The second kappa shape index (κ2) is 8.48. The molecule has 0 saturated carbocycles. The Morgan fingerprint density at radius 1 is 1.11 bits per heavy atom. The molecule has 0 unspecified atom stereocenters. The molecule has 0 aliphatic carbocycles. The molecule has 1 fully saturated rings. The van der Waals surface area contributed by atoms with Crippen molar-refractivity contribution in [3.63, 3.8) is 0 Å². The van der Waals surface area contributed by atoms with Crippen LogP contribution in [0.15, 0.2) is 29.2 Å². The third-order valence-electron chi connectivity index (χ3n) is 4.43. The average Bonchev–Trinajstić information content (AvgIpc) is 2.66. The van der Waals surface area contributed by atoms with Gasteiger partial charge in [0.25, 0.3) is 0 Å². The van der Waals surface area contributed by atoms with E-state index < -0.39 is 38.6 Å². The van der Waals surface area contributed by atoms with Crippen LogP contribution < -0.4 is 4.72 Å². The van der Waals surface area contributed by atoms with E-state index in [-0.39, 0.29) is 19.0 Å². The van der Waals surface area contributed by atoms with E-state index in [1.165, 1.54) is 17.9 Å². The molecule has 11 heteroatoms. The summed E-state index contributed by atoms with van der Waals surface area (Å²) in [4.78, 5) is 26.3. The predicted octanol–water partition coefficient (Wildman–Crippen LogP) is 1.45. The summed E-state index contributed by atoms with van der Waals surface area (Å²) >= 11 is 0. The topological polar surface area (TPSA) is 86.8 Å². The average molecular weight is 421 g/mol. The lowest BCUT2D eigenvalue weighted by molar-refractivity contribution is -0.140. The van der Waals surface area contributed by atoms with Crippen molar-refractivity contribution in [2.45, 2.75) is 37.4 Å². The monoisotopic (exact) mass is 421 g/mol. The van der Waals surface area contributed by atoms with Crippen LogP contribution in [-0.4, -0.2) is 62.3 Å². The molecule has 0 bridgehead atoms. The summed E-state index contributed by atoms with van der Waals surface area (Å²) in [5.74, 6) is -0.596. The smallest absolute Gasteiger partial charge is 0.339 e. The zero-order valence-electron chi connectivity index (χ0n) is 15.5. The predicted molar refractivity (Wildman–Crippen MR) is 94.7 cm³/mol. The Balaban J connectivity index is 2.09. The number of nitrogens with one attached hydrogen (secondary N) is 1. The number of rotatable bonds is 5. The number of hydrogen-bond acceptors (Lipinski definition) is 4. The van der Waals surface area contributed by atoms with Crippen molar-refractivity contribution in [1.29, 1.82) is 0 Å². The molecule has 1 aromatic rings. The first-order valence-corrected chi connectivity index (χ1v) is 10.2. The van der Waals surface area contributed by atoms with Crippen molar-refractivity contribution in [3.8, 4) is 0 Å². The molecule has 1 N–H and O–H groups in total. The van der Waals surface area contributed by atoms with Crippen LogP contribution in [0.3, 0.4) is 0 Å². The van der Waals surface area contributed by atoms with Crippen LogP contribution >= 0.6 is 0 Å². The zero-order valence-corrected chi connectivity index (χ0v) is 16.3. The number of amides is 2. The number of carbonyl (C=O) groups excluding carboxylic acids is 2. The molecular weight excluding hydrogens is 399 g/mol. The Morgan fingerprint density at radius 2 is 1.64 bits per heavy atom. The minimum atomic E-state index is -4.85. The van der Waals surface area contributed by atoms with Crippen LogP contribution in [0.4, 0.5) is 13.2 Å². The maximum Gasteiger partial charge on any atom is 0.417 e. The molecule has 1 heterocycles. The van der Waals surface area contributed by atoms with Gasteiger partial charge in [-0.05, 0) is 19.1 Å². The van der Waals surface area contributed by atoms with Crippen LogP contribution in [0.5, 0.6) is 0 Å². The molecule has 0 aromatic heterocycles. The van der Waals surface area contributed by atoms with Gasteiger partial charge in [0.05, 0.1) is 16.5 Å². The summed E-state index contributed by atoms with van der Waals surface area (Å²) in [7, 11) is -4.57. The molecule has 0 radical (unpaired) electrons. The molecule has 2 rings (SSSR count). The Labute approximate surface area is 161 Å². The van der Waals surface area contributed by atoms with Crippen molar-refractivity contribution in [2.24, 2.45) is 0 Å². The fraction of sp³-hybridized carbons (Fsp3) is 0.529. The molecule has 7 nitrogen and oxygen atoms in total. The molecule has 156 valence electrons. The molecule has 28 heavy (non-hydrogen) atoms. The Hall–Kier alpha value is -2.14. The number of nitrogens with zero attached hydrogens (tertiary/aromatic N) is 2. The van der Waals surface area contributed by atoms with Gasteiger partial charge >= 0.3 is 6.18 Å². The SMILES string of the molecule is CCC(=O)N1CCN(C(=O)[C@H](C)NS(=O)(=O)c2ccccc2C(F)(F)F)CC1. The molecule has 1 saturated heterocycles. The van der Waals surface area contributed by atoms with Crippen molar-refractivity contribution < 1.29 is 31.2 Å². The molecule has 1 aliphatic heterocycles. The van der Waals surface area contributed by atoms with Gasteiger partial charge in [-0.25, -0.2) is 8.42 Å². The van der Waals surface area contributed by atoms with Gasteiger partial charge in [0.2, 0.25) is 21.8 Å². The molecule has 2 amide bonds. The van der Waals surface area contributed by atoms with Crippen molar-refractivity contribution in [1.82, 2.24) is 14.5 Å². The third kappa shape index (κ3) is 5.02. The fourth-order valence-electron chi connectivity index (χ4n) is 2.96. The first-order chi connectivity index (χ1) is 13.0. The van der Waals surface area contributed by atoms with Crippen molar-refractivity contribution in [2.75, 3.05) is 26.2 Å². The lowest BCUT2D eigenvalue weighted by Gasteiger charge is -2.36. The highest BCUT2D eigenvalue weighted by Crippen LogP contribution is 2.33. The lowest BCUT2D eigenvalue weighted by Crippen LogP contribution is -2.55. The zero-order chi connectivity index (χ0) is 21.1. The summed E-state index contributed by atoms with van der Waals surface area (Å²) < 4.78 is 66.2. The van der Waals surface area contributed by atoms with Crippen molar-refractivity contribution >= 4 is 21.8 Å². The highest BCUT2D eigenvalue weighted by molar-refractivity contribution is 7.89. The van der Waals surface area contributed by atoms with E-state index in [0.717, 1.165) is 12.1 Å². The minimum Gasteiger partial charge on any atom is -0.339 e. The van der Waals surface area contributed by atoms with Gasteiger partial charge in [-0.15, -0.1) is 0 Å². The van der Waals surface area contributed by atoms with Gasteiger partial charge in [0.15, 0.2) is 0 Å². The van der Waals surface area contributed by atoms with Crippen molar-refractivity contribution in [3.05, 3.63) is 29.8 Å². The molecule has 0 spiro atoms. The summed E-state index contributed by atoms with van der Waals surface area (Å²) in [5.41, 5.74) is -1.30. The van der Waals surface area contributed by atoms with Gasteiger partial charge in [-0.1, -0.05) is 19.1 Å². The van der Waals surface area contributed by atoms with E-state index in [1.54, 1.807) is 11.8 Å². The first-order valence-electron chi connectivity index (χ1n) is 8.72. The first kappa shape index (κ1) is 22.2. The van der Waals surface area contributed by atoms with Crippen LogP contribution in [-0.2, 0) is 25.8 Å². The highest BCUT2D eigenvalue weighted by atomic mass is 32.2. The van der Waals surface area contributed by atoms with Gasteiger partial charge < -0.3 is 9.80 Å². The largest absolute Gasteiger partial charge is 0.417 e. The quantitative estimate of drug-likeness (QED) is 0.780. The van der Waals surface area contributed by atoms with Gasteiger partial charge in [-0.2, -0.15) is 17.9 Å². The van der Waals surface area contributed by atoms with Crippen LogP contribution in [0.1, 0.15) is 25.8 Å². The molecule has 1 atom stereocenters. The number of hydrogen-bond donors (Lipinski definition) is 1. The second-order valence-corrected chi connectivity index (χ2v) is 8.08. The van der Waals surface area contributed by atoms with E-state index in [9.17, 15) is 31.2 Å². The van der Waals surface area contributed by atoms with E-state index in [1.807, 2.05) is 4.72 Å². The summed E-state index contributed by atoms with van der Waals surface area (Å²) in [5, 5.41) is 0. The number of carbonyl (C=O) groups is 2. The number of alkyl halides is 3. The number of sulfonamides is 1. The van der Waals surface area contributed by atoms with E-state index in [0.29, 0.717) is 25.6 Å². The summed E-state index contributed by atoms with van der Waals surface area (Å²) in [6, 6.07) is 2.54. The maximum atomic E-state index is 13.1. The fourth-order valence-corrected chi connectivity index (χ4v) is 4.38. The molecule has 1 aromatic carbocycles. The van der Waals surface area contributed by atoms with Gasteiger partial charge in [-0.3, -0.25) is 9.59 Å². The normalized spacial score (nSPS) is 16.8. The van der Waals surface area contributed by atoms with Gasteiger partial charge in [0.1, 0.15) is 0 Å². The second-order valence-electron chi connectivity index (χ2n) is 6.40. The Kier molecular flexibility index (Phi) is 6.71. The van der Waals surface area contributed by atoms with E-state index >= 15 is 0 Å². The third-order valence-corrected chi connectivity index (χ3v) is 6.03. The molecule has 1 aliphatic rings. The van der Waals surface area contributed by atoms with E-state index in [2.05, 4.69) is 0 Å². The number of benzene rings is 1. The van der Waals surface area contributed by atoms with E-state index in [4.69, 9.17) is 0 Å². The standard InChI is InChI=1S/C17H22F3N3O4S/c1-3-15(24)22-8-10-23(11-9-22)16(25)12(2)21-28(26,27)14-7-5-4-6-13(14)17(18,19)20/h4-7,12,21H,3,8-11H2,1-2H3/t12-/m0/s1. The summed E-state index contributed by atoms with van der Waals surface area (Å²) in [6.07, 6.45) is -4.50. The molecular formula is C17H22F3N3O4S. The maximum absolute atomic E-state index is 13.1. The van der Waals surface area contributed by atoms with Crippen LogP contribution in [0.2, 0.25) is 0 Å². The Bertz CT molecular complexity index is 834. The Morgan fingerprint density at radius 3 is 2.18 bits per heavy atom. The van der Waals surface area contributed by atoms with Crippen LogP contribution in [0, 0.1) is 0 Å². The van der Waals surface area contributed by atoms with Crippen LogP contribution in [0.25, 0.3) is 0 Å². The van der Waals surface area contributed by atoms with Gasteiger partial charge in [0, 0.05) is 32.6 Å². The number of piperazine rings is 1. The number of halogens is 3. The highest BCUT2D eigenvalue weighted by Gasteiger charge is 2.38.